The third-order valence-corrected chi connectivity index (χ3v) is 3.00. The molecule has 0 aliphatic heterocycles. The molecule has 2 aromatic carbocycles. The Morgan fingerprint density at radius 1 is 1.20 bits per heavy atom. The van der Waals surface area contributed by atoms with Crippen molar-refractivity contribution in [1.29, 1.82) is 0 Å². The number of carboxylic acid groups (broad SMARTS) is 1. The van der Waals surface area contributed by atoms with E-state index in [1.807, 2.05) is 31.2 Å². The Bertz CT molecular complexity index is 610. The Morgan fingerprint density at radius 3 is 2.60 bits per heavy atom. The highest BCUT2D eigenvalue weighted by molar-refractivity contribution is 5.79. The smallest absolute Gasteiger partial charge is 0.330 e. The molecule has 0 fully saturated rings. The molecular weight excluding hydrogens is 254 g/mol. The summed E-state index contributed by atoms with van der Waals surface area (Å²) in [5.74, 6) is -0.292. The highest BCUT2D eigenvalue weighted by Crippen LogP contribution is 2.23. The maximum absolute atomic E-state index is 11.5. The zero-order valence-electron chi connectivity index (χ0n) is 11.5. The number of ether oxygens (including phenoxy) is 1. The SMILES string of the molecule is COc1cccc(C(Nc2cccc(C)c2)C(=O)O)c1. The summed E-state index contributed by atoms with van der Waals surface area (Å²) in [6.45, 7) is 1.96. The molecule has 0 aromatic heterocycles. The van der Waals surface area contributed by atoms with Crippen molar-refractivity contribution >= 4 is 11.7 Å². The van der Waals surface area contributed by atoms with Gasteiger partial charge in [0.05, 0.1) is 7.11 Å². The largest absolute Gasteiger partial charge is 0.497 e. The van der Waals surface area contributed by atoms with Crippen molar-refractivity contribution in [2.24, 2.45) is 0 Å². The van der Waals surface area contributed by atoms with E-state index in [0.29, 0.717) is 11.3 Å². The van der Waals surface area contributed by atoms with Gasteiger partial charge in [0.25, 0.3) is 0 Å². The average molecular weight is 271 g/mol. The molecule has 0 bridgehead atoms. The van der Waals surface area contributed by atoms with Crippen LogP contribution in [-0.2, 0) is 4.79 Å². The van der Waals surface area contributed by atoms with E-state index in [4.69, 9.17) is 4.74 Å². The third-order valence-electron chi connectivity index (χ3n) is 3.00. The molecule has 2 N–H and O–H groups in total. The Kier molecular flexibility index (Phi) is 4.25. The highest BCUT2D eigenvalue weighted by atomic mass is 16.5. The molecule has 20 heavy (non-hydrogen) atoms. The van der Waals surface area contributed by atoms with Gasteiger partial charge >= 0.3 is 5.97 Å². The molecule has 0 spiro atoms. The van der Waals surface area contributed by atoms with Crippen molar-refractivity contribution in [3.8, 4) is 5.75 Å². The number of rotatable bonds is 5. The molecule has 104 valence electrons. The first kappa shape index (κ1) is 13.9. The summed E-state index contributed by atoms with van der Waals surface area (Å²) in [4.78, 5) is 11.5. The van der Waals surface area contributed by atoms with Crippen molar-refractivity contribution in [3.05, 3.63) is 59.7 Å². The normalized spacial score (nSPS) is 11.7. The standard InChI is InChI=1S/C16H17NO3/c1-11-5-3-7-13(9-11)17-15(16(18)19)12-6-4-8-14(10-12)20-2/h3-10,15,17H,1-2H3,(H,18,19). The van der Waals surface area contributed by atoms with Gasteiger partial charge in [-0.1, -0.05) is 24.3 Å². The lowest BCUT2D eigenvalue weighted by Gasteiger charge is -2.17. The van der Waals surface area contributed by atoms with Crippen LogP contribution in [-0.4, -0.2) is 18.2 Å². The highest BCUT2D eigenvalue weighted by Gasteiger charge is 2.20. The predicted molar refractivity (Wildman–Crippen MR) is 78.2 cm³/mol. The van der Waals surface area contributed by atoms with Crippen molar-refractivity contribution in [2.75, 3.05) is 12.4 Å². The van der Waals surface area contributed by atoms with E-state index >= 15 is 0 Å². The third kappa shape index (κ3) is 3.29. The van der Waals surface area contributed by atoms with Crippen LogP contribution in [0.1, 0.15) is 17.2 Å². The second kappa shape index (κ2) is 6.10. The quantitative estimate of drug-likeness (QED) is 0.876. The summed E-state index contributed by atoms with van der Waals surface area (Å²) in [7, 11) is 1.56. The summed E-state index contributed by atoms with van der Waals surface area (Å²) in [6, 6.07) is 13.9. The number of nitrogens with one attached hydrogen (secondary N) is 1. The van der Waals surface area contributed by atoms with Crippen LogP contribution in [0.25, 0.3) is 0 Å². The number of carbonyl (C=O) groups is 1. The van der Waals surface area contributed by atoms with Gasteiger partial charge in [0, 0.05) is 5.69 Å². The van der Waals surface area contributed by atoms with E-state index in [0.717, 1.165) is 11.3 Å². The van der Waals surface area contributed by atoms with Crippen LogP contribution in [0.4, 0.5) is 5.69 Å². The van der Waals surface area contributed by atoms with Crippen LogP contribution in [0.5, 0.6) is 5.75 Å². The lowest BCUT2D eigenvalue weighted by Crippen LogP contribution is -2.20. The lowest BCUT2D eigenvalue weighted by molar-refractivity contribution is -0.138. The van der Waals surface area contributed by atoms with Gasteiger partial charge in [0.15, 0.2) is 6.04 Å². The minimum atomic E-state index is -0.931. The number of benzene rings is 2. The van der Waals surface area contributed by atoms with Crippen molar-refractivity contribution in [2.45, 2.75) is 13.0 Å². The Morgan fingerprint density at radius 2 is 1.95 bits per heavy atom. The van der Waals surface area contributed by atoms with Gasteiger partial charge in [0.2, 0.25) is 0 Å². The molecule has 1 atom stereocenters. The first-order valence-electron chi connectivity index (χ1n) is 6.30. The van der Waals surface area contributed by atoms with Crippen LogP contribution in [0, 0.1) is 6.92 Å². The minimum absolute atomic E-state index is 0.639. The molecule has 2 rings (SSSR count). The zero-order valence-corrected chi connectivity index (χ0v) is 11.5. The van der Waals surface area contributed by atoms with Gasteiger partial charge in [-0.2, -0.15) is 0 Å². The first-order valence-corrected chi connectivity index (χ1v) is 6.30. The second-order valence-electron chi connectivity index (χ2n) is 4.56. The fourth-order valence-corrected chi connectivity index (χ4v) is 2.01. The number of hydrogen-bond acceptors (Lipinski definition) is 3. The fourth-order valence-electron chi connectivity index (χ4n) is 2.01. The Balaban J connectivity index is 2.29. The van der Waals surface area contributed by atoms with Gasteiger partial charge in [0.1, 0.15) is 5.75 Å². The van der Waals surface area contributed by atoms with E-state index in [2.05, 4.69) is 5.32 Å². The molecule has 0 amide bonds. The van der Waals surface area contributed by atoms with Crippen LogP contribution >= 0.6 is 0 Å². The summed E-state index contributed by atoms with van der Waals surface area (Å²) in [5.41, 5.74) is 2.50. The number of methoxy groups -OCH3 is 1. The molecule has 0 aliphatic carbocycles. The van der Waals surface area contributed by atoms with Crippen molar-refractivity contribution < 1.29 is 14.6 Å². The van der Waals surface area contributed by atoms with Gasteiger partial charge in [-0.25, -0.2) is 4.79 Å². The lowest BCUT2D eigenvalue weighted by atomic mass is 10.1. The molecule has 4 heteroatoms. The Labute approximate surface area is 118 Å². The number of carboxylic acids is 1. The van der Waals surface area contributed by atoms with Crippen molar-refractivity contribution in [1.82, 2.24) is 0 Å². The summed E-state index contributed by atoms with van der Waals surface area (Å²) < 4.78 is 5.13. The molecule has 2 aromatic rings. The molecule has 4 nitrogen and oxygen atoms in total. The average Bonchev–Trinajstić information content (AvgIpc) is 2.44. The number of hydrogen-bond donors (Lipinski definition) is 2. The number of aryl methyl sites for hydroxylation is 1. The molecule has 0 saturated carbocycles. The van der Waals surface area contributed by atoms with Gasteiger partial charge < -0.3 is 15.2 Å². The fraction of sp³-hybridized carbons (Fsp3) is 0.188. The second-order valence-corrected chi connectivity index (χ2v) is 4.56. The Hall–Kier alpha value is -2.49. The van der Waals surface area contributed by atoms with Crippen molar-refractivity contribution in [3.63, 3.8) is 0 Å². The summed E-state index contributed by atoms with van der Waals surface area (Å²) in [5, 5.41) is 12.4. The van der Waals surface area contributed by atoms with E-state index in [1.54, 1.807) is 31.4 Å². The van der Waals surface area contributed by atoms with E-state index < -0.39 is 12.0 Å². The summed E-state index contributed by atoms with van der Waals surface area (Å²) in [6.07, 6.45) is 0. The van der Waals surface area contributed by atoms with Crippen LogP contribution < -0.4 is 10.1 Å². The maximum Gasteiger partial charge on any atom is 0.330 e. The van der Waals surface area contributed by atoms with E-state index in [-0.39, 0.29) is 0 Å². The van der Waals surface area contributed by atoms with Gasteiger partial charge in [-0.15, -0.1) is 0 Å². The van der Waals surface area contributed by atoms with E-state index in [9.17, 15) is 9.90 Å². The van der Waals surface area contributed by atoms with Gasteiger partial charge in [-0.3, -0.25) is 0 Å². The molecular formula is C16H17NO3. The number of aliphatic carboxylic acids is 1. The topological polar surface area (TPSA) is 58.6 Å². The van der Waals surface area contributed by atoms with Gasteiger partial charge in [-0.05, 0) is 42.3 Å². The number of anilines is 1. The minimum Gasteiger partial charge on any atom is -0.497 e. The zero-order chi connectivity index (χ0) is 14.5. The predicted octanol–water partition coefficient (Wildman–Crippen LogP) is 3.24. The molecule has 0 heterocycles. The molecule has 0 aliphatic rings. The van der Waals surface area contributed by atoms with E-state index in [1.165, 1.54) is 0 Å². The first-order chi connectivity index (χ1) is 9.60. The molecule has 0 saturated heterocycles. The van der Waals surface area contributed by atoms with Crippen LogP contribution in [0.15, 0.2) is 48.5 Å². The maximum atomic E-state index is 11.5. The molecule has 0 radical (unpaired) electrons. The van der Waals surface area contributed by atoms with Crippen LogP contribution in [0.2, 0.25) is 0 Å². The monoisotopic (exact) mass is 271 g/mol. The molecule has 1 unspecified atom stereocenters. The van der Waals surface area contributed by atoms with Crippen LogP contribution in [0.3, 0.4) is 0 Å². The summed E-state index contributed by atoms with van der Waals surface area (Å²) >= 11 is 0.